The van der Waals surface area contributed by atoms with Crippen LogP contribution in [0.5, 0.6) is 0 Å². The number of nitrogens with zero attached hydrogens (tertiary/aromatic N) is 4. The number of aromatic nitrogens is 2. The van der Waals surface area contributed by atoms with E-state index in [1.807, 2.05) is 26.0 Å². The van der Waals surface area contributed by atoms with Gasteiger partial charge < -0.3 is 10.2 Å². The molecule has 2 aliphatic rings. The van der Waals surface area contributed by atoms with Gasteiger partial charge in [0.25, 0.3) is 0 Å². The predicted octanol–water partition coefficient (Wildman–Crippen LogP) is 2.94. The van der Waals surface area contributed by atoms with E-state index in [1.54, 1.807) is 6.07 Å². The molecule has 6 heteroatoms. The highest BCUT2D eigenvalue weighted by Crippen LogP contribution is 2.22. The average molecular weight is 339 g/mol. The van der Waals surface area contributed by atoms with Gasteiger partial charge in [0.1, 0.15) is 23.9 Å². The minimum atomic E-state index is 0.0275. The van der Waals surface area contributed by atoms with Crippen molar-refractivity contribution in [3.63, 3.8) is 0 Å². The highest BCUT2D eigenvalue weighted by molar-refractivity contribution is 5.81. The van der Waals surface area contributed by atoms with Gasteiger partial charge in [-0.1, -0.05) is 26.0 Å². The number of rotatable bonds is 3. The molecule has 6 nitrogen and oxygen atoms in total. The minimum Gasteiger partial charge on any atom is -0.356 e. The molecule has 1 aromatic rings. The highest BCUT2D eigenvalue weighted by atomic mass is 16.1. The van der Waals surface area contributed by atoms with Gasteiger partial charge in [-0.2, -0.15) is 5.26 Å². The summed E-state index contributed by atoms with van der Waals surface area (Å²) in [6.45, 7) is 5.52. The molecule has 3 rings (SSSR count). The number of nitrogens with one attached hydrogen (secondary N) is 1. The van der Waals surface area contributed by atoms with Gasteiger partial charge in [0.05, 0.1) is 0 Å². The van der Waals surface area contributed by atoms with Crippen molar-refractivity contribution in [2.45, 2.75) is 39.5 Å². The maximum absolute atomic E-state index is 12.3. The molecule has 0 unspecified atom stereocenters. The Morgan fingerprint density at radius 3 is 2.68 bits per heavy atom. The van der Waals surface area contributed by atoms with E-state index in [2.05, 4.69) is 32.3 Å². The number of hydrogen-bond donors (Lipinski definition) is 1. The largest absolute Gasteiger partial charge is 0.356 e. The molecule has 132 valence electrons. The Hall–Kier alpha value is -2.68. The van der Waals surface area contributed by atoms with Crippen molar-refractivity contribution in [2.24, 2.45) is 5.92 Å². The van der Waals surface area contributed by atoms with E-state index in [1.165, 1.54) is 6.33 Å². The number of piperidine rings is 1. The maximum atomic E-state index is 12.3. The van der Waals surface area contributed by atoms with Crippen LogP contribution in [0.2, 0.25) is 0 Å². The Morgan fingerprint density at radius 1 is 1.28 bits per heavy atom. The van der Waals surface area contributed by atoms with Crippen LogP contribution in [-0.2, 0) is 4.79 Å². The van der Waals surface area contributed by atoms with Gasteiger partial charge >= 0.3 is 0 Å². The predicted molar refractivity (Wildman–Crippen MR) is 97.6 cm³/mol. The molecule has 1 aliphatic heterocycles. The highest BCUT2D eigenvalue weighted by Gasteiger charge is 2.26. The second kappa shape index (κ2) is 9.58. The molecule has 0 radical (unpaired) electrons. The van der Waals surface area contributed by atoms with Crippen LogP contribution in [0, 0.1) is 17.2 Å². The monoisotopic (exact) mass is 339 g/mol. The van der Waals surface area contributed by atoms with E-state index in [0.717, 1.165) is 50.3 Å². The van der Waals surface area contributed by atoms with E-state index >= 15 is 0 Å². The Labute approximate surface area is 149 Å². The van der Waals surface area contributed by atoms with Crippen LogP contribution >= 0.6 is 0 Å². The van der Waals surface area contributed by atoms with Gasteiger partial charge in [-0.05, 0) is 31.8 Å². The van der Waals surface area contributed by atoms with Crippen LogP contribution in [-0.4, -0.2) is 29.0 Å². The lowest BCUT2D eigenvalue weighted by molar-refractivity contribution is -0.124. The maximum Gasteiger partial charge on any atom is 0.227 e. The first-order valence-corrected chi connectivity index (χ1v) is 8.91. The van der Waals surface area contributed by atoms with Gasteiger partial charge in [-0.15, -0.1) is 0 Å². The van der Waals surface area contributed by atoms with Crippen LogP contribution in [0.4, 0.5) is 5.82 Å². The van der Waals surface area contributed by atoms with Crippen LogP contribution in [0.3, 0.4) is 0 Å². The molecule has 0 saturated carbocycles. The van der Waals surface area contributed by atoms with Crippen LogP contribution < -0.4 is 10.2 Å². The van der Waals surface area contributed by atoms with E-state index in [4.69, 9.17) is 5.26 Å². The number of nitriles is 1. The summed E-state index contributed by atoms with van der Waals surface area (Å²) in [6.07, 6.45) is 11.1. The fraction of sp³-hybridized carbons (Fsp3) is 0.474. The van der Waals surface area contributed by atoms with Crippen molar-refractivity contribution in [1.29, 1.82) is 5.26 Å². The van der Waals surface area contributed by atoms with Gasteiger partial charge in [-0.25, -0.2) is 9.97 Å². The van der Waals surface area contributed by atoms with Crippen molar-refractivity contribution in [2.75, 3.05) is 18.0 Å². The fourth-order valence-electron chi connectivity index (χ4n) is 2.90. The third kappa shape index (κ3) is 5.15. The zero-order valence-corrected chi connectivity index (χ0v) is 14.9. The van der Waals surface area contributed by atoms with Crippen LogP contribution in [0.25, 0.3) is 0 Å². The lowest BCUT2D eigenvalue weighted by Gasteiger charge is -2.32. The van der Waals surface area contributed by atoms with E-state index < -0.39 is 0 Å². The molecule has 1 aromatic heterocycles. The van der Waals surface area contributed by atoms with Gasteiger partial charge in [-0.3, -0.25) is 4.79 Å². The molecular weight excluding hydrogens is 314 g/mol. The average Bonchev–Trinajstić information content (AvgIpc) is 2.70. The first-order chi connectivity index (χ1) is 12.3. The van der Waals surface area contributed by atoms with Crippen molar-refractivity contribution in [3.8, 4) is 6.07 Å². The standard InChI is InChI=1S/C17H19N5O.C2H6/c18-11-15-10-16(20-12-19-15)22-8-6-13(7-9-22)17(23)21-14-4-2-1-3-5-14;1-2/h2,4-5,10,12-13H,1,3,6-9H2,(H,21,23);1-2H3. The Bertz CT molecular complexity index is 681. The number of carbonyl (C=O) groups is 1. The Kier molecular flexibility index (Phi) is 7.15. The van der Waals surface area contributed by atoms with E-state index in [9.17, 15) is 4.79 Å². The topological polar surface area (TPSA) is 81.9 Å². The molecule has 0 bridgehead atoms. The minimum absolute atomic E-state index is 0.0275. The van der Waals surface area contributed by atoms with Crippen molar-refractivity contribution >= 4 is 11.7 Å². The second-order valence-corrected chi connectivity index (χ2v) is 5.76. The molecule has 1 saturated heterocycles. The SMILES string of the molecule is CC.N#Cc1cc(N2CCC(C(=O)NC3=CCCC=C3)CC2)ncn1. The molecule has 0 aromatic carbocycles. The molecule has 25 heavy (non-hydrogen) atoms. The molecule has 0 spiro atoms. The van der Waals surface area contributed by atoms with E-state index in [-0.39, 0.29) is 11.8 Å². The number of allylic oxidation sites excluding steroid dienone is 3. The number of hydrogen-bond acceptors (Lipinski definition) is 5. The van der Waals surface area contributed by atoms with Gasteiger partial charge in [0, 0.05) is 30.8 Å². The zero-order valence-electron chi connectivity index (χ0n) is 14.9. The molecule has 1 fully saturated rings. The smallest absolute Gasteiger partial charge is 0.227 e. The lowest BCUT2D eigenvalue weighted by Crippen LogP contribution is -2.40. The number of anilines is 1. The third-order valence-electron chi connectivity index (χ3n) is 4.22. The number of carbonyl (C=O) groups excluding carboxylic acids is 1. The molecule has 1 aliphatic carbocycles. The van der Waals surface area contributed by atoms with Crippen molar-refractivity contribution < 1.29 is 4.79 Å². The molecule has 1 amide bonds. The normalized spacial score (nSPS) is 17.0. The molecular formula is C19H25N5O. The van der Waals surface area contributed by atoms with E-state index in [0.29, 0.717) is 5.69 Å². The van der Waals surface area contributed by atoms with Gasteiger partial charge in [0.15, 0.2) is 0 Å². The van der Waals surface area contributed by atoms with Crippen LogP contribution in [0.15, 0.2) is 36.3 Å². The first kappa shape index (κ1) is 18.7. The summed E-state index contributed by atoms with van der Waals surface area (Å²) in [7, 11) is 0. The lowest BCUT2D eigenvalue weighted by atomic mass is 9.95. The summed E-state index contributed by atoms with van der Waals surface area (Å²) in [4.78, 5) is 22.5. The number of amides is 1. The third-order valence-corrected chi connectivity index (χ3v) is 4.22. The summed E-state index contributed by atoms with van der Waals surface area (Å²) in [6, 6.07) is 3.72. The fourth-order valence-corrected chi connectivity index (χ4v) is 2.90. The summed E-state index contributed by atoms with van der Waals surface area (Å²) in [5.41, 5.74) is 1.28. The molecule has 1 N–H and O–H groups in total. The summed E-state index contributed by atoms with van der Waals surface area (Å²) >= 11 is 0. The summed E-state index contributed by atoms with van der Waals surface area (Å²) in [5.74, 6) is 0.885. The Balaban J connectivity index is 0.00000109. The Morgan fingerprint density at radius 2 is 2.04 bits per heavy atom. The quantitative estimate of drug-likeness (QED) is 0.915. The first-order valence-electron chi connectivity index (χ1n) is 8.91. The van der Waals surface area contributed by atoms with Crippen molar-refractivity contribution in [3.05, 3.63) is 42.0 Å². The molecule has 2 heterocycles. The summed E-state index contributed by atoms with van der Waals surface area (Å²) in [5, 5.41) is 11.9. The summed E-state index contributed by atoms with van der Waals surface area (Å²) < 4.78 is 0. The van der Waals surface area contributed by atoms with Gasteiger partial charge in [0.2, 0.25) is 5.91 Å². The molecule has 0 atom stereocenters. The second-order valence-electron chi connectivity index (χ2n) is 5.76. The van der Waals surface area contributed by atoms with Crippen LogP contribution in [0.1, 0.15) is 45.2 Å². The van der Waals surface area contributed by atoms with Crippen molar-refractivity contribution in [1.82, 2.24) is 15.3 Å². The zero-order chi connectivity index (χ0) is 18.1.